The van der Waals surface area contributed by atoms with E-state index in [-0.39, 0.29) is 12.1 Å². The molecule has 212 valence electrons. The van der Waals surface area contributed by atoms with Gasteiger partial charge in [-0.1, -0.05) is 6.07 Å². The summed E-state index contributed by atoms with van der Waals surface area (Å²) in [6.07, 6.45) is 9.85. The number of aromatic nitrogens is 2. The van der Waals surface area contributed by atoms with Crippen molar-refractivity contribution >= 4 is 27.4 Å². The number of carbonyl (C=O) groups is 1. The van der Waals surface area contributed by atoms with E-state index in [2.05, 4.69) is 29.8 Å². The van der Waals surface area contributed by atoms with E-state index in [1.54, 1.807) is 30.5 Å². The number of rotatable bonds is 9. The zero-order valence-corrected chi connectivity index (χ0v) is 23.7. The van der Waals surface area contributed by atoms with Gasteiger partial charge in [-0.3, -0.25) is 14.6 Å². The van der Waals surface area contributed by atoms with E-state index >= 15 is 0 Å². The Hall–Kier alpha value is -3.70. The van der Waals surface area contributed by atoms with Crippen LogP contribution < -0.4 is 14.8 Å². The highest BCUT2D eigenvalue weighted by Gasteiger charge is 2.36. The van der Waals surface area contributed by atoms with Gasteiger partial charge in [0.15, 0.2) is 0 Å². The molecular weight excluding hydrogens is 528 g/mol. The van der Waals surface area contributed by atoms with Crippen LogP contribution in [0.15, 0.2) is 60.9 Å². The molecular formula is C29H36N6O4S. The molecule has 2 aliphatic rings. The first-order valence-corrected chi connectivity index (χ1v) is 15.6. The van der Waals surface area contributed by atoms with E-state index in [0.717, 1.165) is 68.5 Å². The summed E-state index contributed by atoms with van der Waals surface area (Å²) in [5, 5.41) is 3.06. The number of likely N-dealkylation sites (tertiary alicyclic amines) is 1. The van der Waals surface area contributed by atoms with E-state index < -0.39 is 10.0 Å². The van der Waals surface area contributed by atoms with Crippen LogP contribution in [0.2, 0.25) is 0 Å². The van der Waals surface area contributed by atoms with Crippen molar-refractivity contribution in [2.75, 3.05) is 29.4 Å². The first kappa shape index (κ1) is 27.9. The molecule has 0 atom stereocenters. The minimum Gasteiger partial charge on any atom is -0.439 e. The van der Waals surface area contributed by atoms with Crippen molar-refractivity contribution in [1.82, 2.24) is 19.8 Å². The number of sulfonamides is 1. The van der Waals surface area contributed by atoms with E-state index in [1.165, 1.54) is 6.42 Å². The van der Waals surface area contributed by atoms with Crippen LogP contribution >= 0.6 is 0 Å². The zero-order valence-electron chi connectivity index (χ0n) is 22.9. The largest absolute Gasteiger partial charge is 0.439 e. The number of amides is 2. The van der Waals surface area contributed by atoms with E-state index in [9.17, 15) is 13.2 Å². The molecule has 0 spiro atoms. The van der Waals surface area contributed by atoms with E-state index in [1.807, 2.05) is 37.4 Å². The van der Waals surface area contributed by atoms with Gasteiger partial charge in [0.2, 0.25) is 15.9 Å². The lowest BCUT2D eigenvalue weighted by molar-refractivity contribution is 0.0715. The summed E-state index contributed by atoms with van der Waals surface area (Å²) in [4.78, 5) is 26.5. The lowest BCUT2D eigenvalue weighted by Gasteiger charge is -2.45. The molecule has 3 aromatic rings. The Kier molecular flexibility index (Phi) is 8.51. The molecule has 0 radical (unpaired) electrons. The van der Waals surface area contributed by atoms with Crippen LogP contribution in [0.4, 0.5) is 16.2 Å². The normalized spacial score (nSPS) is 16.6. The first-order chi connectivity index (χ1) is 19.2. The van der Waals surface area contributed by atoms with Crippen molar-refractivity contribution < 1.29 is 17.9 Å². The third kappa shape index (κ3) is 7.48. The van der Waals surface area contributed by atoms with Crippen LogP contribution in [0.3, 0.4) is 0 Å². The number of nitrogens with zero attached hydrogens (tertiary/aromatic N) is 4. The fourth-order valence-corrected chi connectivity index (χ4v) is 5.69. The molecule has 1 aliphatic heterocycles. The van der Waals surface area contributed by atoms with Crippen molar-refractivity contribution in [2.45, 2.75) is 57.7 Å². The van der Waals surface area contributed by atoms with Crippen LogP contribution in [0.1, 0.15) is 43.4 Å². The van der Waals surface area contributed by atoms with E-state index in [4.69, 9.17) is 4.74 Å². The zero-order chi connectivity index (χ0) is 28.1. The number of carbonyl (C=O) groups excluding carboxylic acids is 1. The van der Waals surface area contributed by atoms with Crippen molar-refractivity contribution in [3.05, 3.63) is 72.2 Å². The topological polar surface area (TPSA) is 117 Å². The van der Waals surface area contributed by atoms with Gasteiger partial charge in [0.1, 0.15) is 5.75 Å². The van der Waals surface area contributed by atoms with Gasteiger partial charge < -0.3 is 15.0 Å². The van der Waals surface area contributed by atoms with Crippen LogP contribution in [0, 0.1) is 6.92 Å². The number of aryl methyl sites for hydroxylation is 1. The van der Waals surface area contributed by atoms with Crippen molar-refractivity contribution in [3.63, 3.8) is 0 Å². The van der Waals surface area contributed by atoms with Gasteiger partial charge in [-0.05, 0) is 81.0 Å². The maximum absolute atomic E-state index is 13.3. The maximum Gasteiger partial charge on any atom is 0.322 e. The number of anilines is 2. The molecule has 0 bridgehead atoms. The summed E-state index contributed by atoms with van der Waals surface area (Å²) < 4.78 is 31.0. The third-order valence-electron chi connectivity index (χ3n) is 7.40. The number of urea groups is 1. The predicted octanol–water partition coefficient (Wildman–Crippen LogP) is 5.00. The minimum atomic E-state index is -3.32. The Balaban J connectivity index is 1.12. The fraction of sp³-hybridized carbons (Fsp3) is 0.414. The lowest BCUT2D eigenvalue weighted by Crippen LogP contribution is -2.55. The maximum atomic E-state index is 13.3. The Labute approximate surface area is 235 Å². The highest BCUT2D eigenvalue weighted by molar-refractivity contribution is 7.92. The number of benzene rings is 1. The highest BCUT2D eigenvalue weighted by Crippen LogP contribution is 2.31. The highest BCUT2D eigenvalue weighted by atomic mass is 32.2. The van der Waals surface area contributed by atoms with Gasteiger partial charge in [-0.15, -0.1) is 0 Å². The second-order valence-corrected chi connectivity index (χ2v) is 12.4. The SMILES string of the molecule is Cc1ccc(NC(=O)N(C2CCC2)C2CCN(Cc3ccc(Oc4ccc(NS(C)(=O)=O)cc4)nc3)CC2)cn1. The molecule has 40 heavy (non-hydrogen) atoms. The summed E-state index contributed by atoms with van der Waals surface area (Å²) in [6.45, 7) is 4.55. The molecule has 1 aromatic carbocycles. The van der Waals surface area contributed by atoms with Crippen LogP contribution in [0.5, 0.6) is 11.6 Å². The molecule has 10 nitrogen and oxygen atoms in total. The number of piperidine rings is 1. The second kappa shape index (κ2) is 12.2. The van der Waals surface area contributed by atoms with Crippen molar-refractivity contribution in [3.8, 4) is 11.6 Å². The van der Waals surface area contributed by atoms with Crippen molar-refractivity contribution in [2.24, 2.45) is 0 Å². The van der Waals surface area contributed by atoms with Gasteiger partial charge >= 0.3 is 6.03 Å². The average molecular weight is 565 g/mol. The quantitative estimate of drug-likeness (QED) is 0.376. The monoisotopic (exact) mass is 564 g/mol. The summed E-state index contributed by atoms with van der Waals surface area (Å²) >= 11 is 0. The molecule has 5 rings (SSSR count). The Morgan fingerprint density at radius 1 is 0.950 bits per heavy atom. The van der Waals surface area contributed by atoms with Gasteiger partial charge in [0, 0.05) is 55.4 Å². The number of hydrogen-bond donors (Lipinski definition) is 2. The van der Waals surface area contributed by atoms with Gasteiger partial charge in [-0.2, -0.15) is 0 Å². The third-order valence-corrected chi connectivity index (χ3v) is 8.01. The Bertz CT molecular complexity index is 1390. The minimum absolute atomic E-state index is 0.0186. The molecule has 1 saturated carbocycles. The molecule has 11 heteroatoms. The molecule has 2 fully saturated rings. The fourth-order valence-electron chi connectivity index (χ4n) is 5.13. The van der Waals surface area contributed by atoms with Gasteiger partial charge in [0.05, 0.1) is 18.1 Å². The molecule has 1 saturated heterocycles. The first-order valence-electron chi connectivity index (χ1n) is 13.7. The van der Waals surface area contributed by atoms with Gasteiger partial charge in [-0.25, -0.2) is 18.2 Å². The number of pyridine rings is 2. The Morgan fingerprint density at radius 3 is 2.23 bits per heavy atom. The van der Waals surface area contributed by atoms with Crippen molar-refractivity contribution in [1.29, 1.82) is 0 Å². The average Bonchev–Trinajstić information content (AvgIpc) is 2.89. The molecule has 3 heterocycles. The smallest absolute Gasteiger partial charge is 0.322 e. The standard InChI is InChI=1S/C29H36N6O4S/c1-21-6-8-24(19-30-21)32-29(36)35(25-4-3-5-25)26-14-16-34(17-15-26)20-22-7-13-28(31-18-22)39-27-11-9-23(10-12-27)33-40(2,37)38/h6-13,18-19,25-26,33H,3-5,14-17,20H2,1-2H3,(H,32,36). The number of ether oxygens (including phenoxy) is 1. The summed E-state index contributed by atoms with van der Waals surface area (Å²) in [5.74, 6) is 1.04. The Morgan fingerprint density at radius 2 is 1.65 bits per heavy atom. The molecule has 0 unspecified atom stereocenters. The number of nitrogens with one attached hydrogen (secondary N) is 2. The van der Waals surface area contributed by atoms with Crippen LogP contribution in [0.25, 0.3) is 0 Å². The lowest BCUT2D eigenvalue weighted by atomic mass is 9.89. The van der Waals surface area contributed by atoms with Gasteiger partial charge in [0.25, 0.3) is 0 Å². The summed E-state index contributed by atoms with van der Waals surface area (Å²) in [6, 6.07) is 14.9. The second-order valence-electron chi connectivity index (χ2n) is 10.6. The predicted molar refractivity (Wildman–Crippen MR) is 155 cm³/mol. The molecule has 2 N–H and O–H groups in total. The molecule has 2 aromatic heterocycles. The number of hydrogen-bond acceptors (Lipinski definition) is 7. The summed E-state index contributed by atoms with van der Waals surface area (Å²) in [5.41, 5.74) is 3.23. The van der Waals surface area contributed by atoms with Crippen LogP contribution in [-0.2, 0) is 16.6 Å². The van der Waals surface area contributed by atoms with Crippen LogP contribution in [-0.4, -0.2) is 65.6 Å². The molecule has 1 aliphatic carbocycles. The summed E-state index contributed by atoms with van der Waals surface area (Å²) in [7, 11) is -3.32. The van der Waals surface area contributed by atoms with E-state index in [0.29, 0.717) is 23.4 Å². The molecule has 2 amide bonds.